The molecule has 0 bridgehead atoms. The predicted octanol–water partition coefficient (Wildman–Crippen LogP) is 1.49. The second-order valence-electron chi connectivity index (χ2n) is 3.51. The first kappa shape index (κ1) is 8.96. The Balaban J connectivity index is 2.26. The van der Waals surface area contributed by atoms with Crippen LogP contribution in [0.2, 0.25) is 0 Å². The van der Waals surface area contributed by atoms with Crippen molar-refractivity contribution in [1.82, 2.24) is 24.6 Å². The number of rotatable bonds is 1. The summed E-state index contributed by atoms with van der Waals surface area (Å²) in [5, 5.41) is 4.23. The second-order valence-corrected chi connectivity index (χ2v) is 3.51. The molecule has 0 radical (unpaired) electrons. The zero-order valence-electron chi connectivity index (χ0n) is 8.70. The molecule has 0 aliphatic rings. The van der Waals surface area contributed by atoms with Crippen LogP contribution in [0.15, 0.2) is 37.2 Å². The van der Waals surface area contributed by atoms with Gasteiger partial charge in [0.1, 0.15) is 0 Å². The summed E-state index contributed by atoms with van der Waals surface area (Å²) in [5.74, 6) is 0. The molecule has 0 fully saturated rings. The highest BCUT2D eigenvalue weighted by atomic mass is 15.2. The van der Waals surface area contributed by atoms with Gasteiger partial charge < -0.3 is 0 Å². The smallest absolute Gasteiger partial charge is 0.0939 e. The molecule has 0 unspecified atom stereocenters. The maximum Gasteiger partial charge on any atom is 0.0939 e. The summed E-state index contributed by atoms with van der Waals surface area (Å²) < 4.78 is 1.77. The fraction of sp³-hybridized carbons (Fsp3) is 0.0909. The number of aryl methyl sites for hydroxylation is 1. The zero-order valence-corrected chi connectivity index (χ0v) is 8.70. The molecule has 16 heavy (non-hydrogen) atoms. The molecule has 0 aliphatic heterocycles. The van der Waals surface area contributed by atoms with E-state index in [4.69, 9.17) is 0 Å². The van der Waals surface area contributed by atoms with Crippen LogP contribution < -0.4 is 0 Å². The highest BCUT2D eigenvalue weighted by molar-refractivity contribution is 5.76. The number of nitrogens with zero attached hydrogens (tertiary/aromatic N) is 5. The summed E-state index contributed by atoms with van der Waals surface area (Å²) in [6.45, 7) is 1.92. The van der Waals surface area contributed by atoms with E-state index >= 15 is 0 Å². The van der Waals surface area contributed by atoms with Gasteiger partial charge in [-0.3, -0.25) is 9.97 Å². The minimum Gasteiger partial charge on any atom is -0.261 e. The largest absolute Gasteiger partial charge is 0.261 e. The van der Waals surface area contributed by atoms with E-state index in [-0.39, 0.29) is 0 Å². The van der Waals surface area contributed by atoms with E-state index in [1.54, 1.807) is 35.5 Å². The fourth-order valence-corrected chi connectivity index (χ4v) is 1.63. The van der Waals surface area contributed by atoms with Gasteiger partial charge in [0.25, 0.3) is 0 Å². The quantitative estimate of drug-likeness (QED) is 0.612. The Morgan fingerprint density at radius 2 is 2.00 bits per heavy atom. The fourth-order valence-electron chi connectivity index (χ4n) is 1.63. The Bertz CT molecular complexity index is 643. The molecule has 0 amide bonds. The van der Waals surface area contributed by atoms with E-state index in [0.29, 0.717) is 0 Å². The first-order chi connectivity index (χ1) is 7.84. The van der Waals surface area contributed by atoms with E-state index in [2.05, 4.69) is 20.1 Å². The van der Waals surface area contributed by atoms with Crippen molar-refractivity contribution in [1.29, 1.82) is 0 Å². The second kappa shape index (κ2) is 3.37. The van der Waals surface area contributed by atoms with Crippen molar-refractivity contribution in [3.05, 3.63) is 42.9 Å². The summed E-state index contributed by atoms with van der Waals surface area (Å²) in [6, 6.07) is 0. The van der Waals surface area contributed by atoms with Crippen LogP contribution in [-0.2, 0) is 0 Å². The summed E-state index contributed by atoms with van der Waals surface area (Å²) in [6.07, 6.45) is 10.5. The molecule has 0 saturated heterocycles. The van der Waals surface area contributed by atoms with Gasteiger partial charge in [-0.15, -0.1) is 0 Å². The van der Waals surface area contributed by atoms with Gasteiger partial charge in [0, 0.05) is 24.2 Å². The monoisotopic (exact) mass is 211 g/mol. The molecule has 0 spiro atoms. The van der Waals surface area contributed by atoms with Gasteiger partial charge >= 0.3 is 0 Å². The van der Waals surface area contributed by atoms with Crippen molar-refractivity contribution in [3.63, 3.8) is 0 Å². The van der Waals surface area contributed by atoms with E-state index in [0.717, 1.165) is 22.5 Å². The molecule has 3 rings (SSSR count). The summed E-state index contributed by atoms with van der Waals surface area (Å²) in [4.78, 5) is 12.6. The molecule has 0 atom stereocenters. The van der Waals surface area contributed by atoms with Crippen LogP contribution >= 0.6 is 0 Å². The van der Waals surface area contributed by atoms with Crippen LogP contribution in [-0.4, -0.2) is 24.6 Å². The lowest BCUT2D eigenvalue weighted by molar-refractivity contribution is 0.946. The standard InChI is InChI=1S/C11H9N5/c1-8-4-13-6-10(15-8)9-5-14-16-3-2-12-7-11(9)16/h2-7H,1H3. The summed E-state index contributed by atoms with van der Waals surface area (Å²) in [5.41, 5.74) is 3.59. The highest BCUT2D eigenvalue weighted by Crippen LogP contribution is 2.20. The van der Waals surface area contributed by atoms with Crippen LogP contribution in [0.5, 0.6) is 0 Å². The van der Waals surface area contributed by atoms with E-state index < -0.39 is 0 Å². The number of hydrogen-bond donors (Lipinski definition) is 0. The molecule has 0 aliphatic carbocycles. The van der Waals surface area contributed by atoms with Crippen LogP contribution in [0.4, 0.5) is 0 Å². The van der Waals surface area contributed by atoms with E-state index in [1.807, 2.05) is 13.1 Å². The zero-order chi connectivity index (χ0) is 11.0. The third kappa shape index (κ3) is 1.33. The Morgan fingerprint density at radius 1 is 1.06 bits per heavy atom. The molecule has 78 valence electrons. The summed E-state index contributed by atoms with van der Waals surface area (Å²) >= 11 is 0. The lowest BCUT2D eigenvalue weighted by Gasteiger charge is -1.98. The molecular formula is C11H9N5. The van der Waals surface area contributed by atoms with E-state index in [9.17, 15) is 0 Å². The highest BCUT2D eigenvalue weighted by Gasteiger charge is 2.07. The predicted molar refractivity (Wildman–Crippen MR) is 58.8 cm³/mol. The molecular weight excluding hydrogens is 202 g/mol. The third-order valence-electron chi connectivity index (χ3n) is 2.36. The number of hydrogen-bond acceptors (Lipinski definition) is 4. The Kier molecular flexibility index (Phi) is 1.89. The Hall–Kier alpha value is -2.30. The average Bonchev–Trinajstić information content (AvgIpc) is 2.72. The van der Waals surface area contributed by atoms with Crippen LogP contribution in [0, 0.1) is 6.92 Å². The van der Waals surface area contributed by atoms with Gasteiger partial charge in [-0.1, -0.05) is 0 Å². The minimum absolute atomic E-state index is 0.822. The van der Waals surface area contributed by atoms with E-state index in [1.165, 1.54) is 0 Å². The number of aromatic nitrogens is 5. The van der Waals surface area contributed by atoms with Crippen molar-refractivity contribution < 1.29 is 0 Å². The van der Waals surface area contributed by atoms with Gasteiger partial charge in [0.2, 0.25) is 0 Å². The Morgan fingerprint density at radius 3 is 2.88 bits per heavy atom. The topological polar surface area (TPSA) is 56.0 Å². The molecule has 5 nitrogen and oxygen atoms in total. The van der Waals surface area contributed by atoms with Gasteiger partial charge in [-0.05, 0) is 6.92 Å². The van der Waals surface area contributed by atoms with Crippen LogP contribution in [0.25, 0.3) is 16.8 Å². The molecule has 0 aromatic carbocycles. The average molecular weight is 211 g/mol. The Labute approximate surface area is 91.8 Å². The van der Waals surface area contributed by atoms with Crippen molar-refractivity contribution in [2.75, 3.05) is 0 Å². The van der Waals surface area contributed by atoms with Gasteiger partial charge in [-0.25, -0.2) is 9.50 Å². The van der Waals surface area contributed by atoms with Gasteiger partial charge in [0.15, 0.2) is 0 Å². The first-order valence-corrected chi connectivity index (χ1v) is 4.91. The minimum atomic E-state index is 0.822. The molecule has 0 N–H and O–H groups in total. The molecule has 0 saturated carbocycles. The SMILES string of the molecule is Cc1cncc(-c2cnn3ccncc23)n1. The third-order valence-corrected chi connectivity index (χ3v) is 2.36. The van der Waals surface area contributed by atoms with Gasteiger partial charge in [-0.2, -0.15) is 5.10 Å². The van der Waals surface area contributed by atoms with Gasteiger partial charge in [0.05, 0.1) is 35.5 Å². The first-order valence-electron chi connectivity index (χ1n) is 4.91. The van der Waals surface area contributed by atoms with Crippen LogP contribution in [0.1, 0.15) is 5.69 Å². The van der Waals surface area contributed by atoms with Crippen molar-refractivity contribution in [2.24, 2.45) is 0 Å². The molecule has 5 heteroatoms. The molecule has 3 aromatic heterocycles. The maximum absolute atomic E-state index is 4.42. The van der Waals surface area contributed by atoms with Crippen molar-refractivity contribution in [2.45, 2.75) is 6.92 Å². The lowest BCUT2D eigenvalue weighted by atomic mass is 10.2. The number of fused-ring (bicyclic) bond motifs is 1. The maximum atomic E-state index is 4.42. The lowest BCUT2D eigenvalue weighted by Crippen LogP contribution is -1.89. The van der Waals surface area contributed by atoms with Crippen molar-refractivity contribution in [3.8, 4) is 11.3 Å². The summed E-state index contributed by atoms with van der Waals surface area (Å²) in [7, 11) is 0. The van der Waals surface area contributed by atoms with Crippen LogP contribution in [0.3, 0.4) is 0 Å². The van der Waals surface area contributed by atoms with Crippen molar-refractivity contribution >= 4 is 5.52 Å². The molecule has 3 heterocycles. The normalized spacial score (nSPS) is 10.8. The molecule has 3 aromatic rings.